The van der Waals surface area contributed by atoms with Gasteiger partial charge < -0.3 is 10.2 Å². The summed E-state index contributed by atoms with van der Waals surface area (Å²) in [5.41, 5.74) is 1.85. The van der Waals surface area contributed by atoms with E-state index in [0.29, 0.717) is 29.3 Å². The van der Waals surface area contributed by atoms with Gasteiger partial charge in [-0.1, -0.05) is 66.5 Å². The summed E-state index contributed by atoms with van der Waals surface area (Å²) >= 11 is 12.3. The van der Waals surface area contributed by atoms with Crippen molar-refractivity contribution in [1.29, 1.82) is 0 Å². The highest BCUT2D eigenvalue weighted by Crippen LogP contribution is 2.24. The SMILES string of the molecule is CC[C@@H](C(=O)NC)N(Cc1ccc(Cl)cc1Cl)C(=O)CCc1ccccc1. The molecule has 0 aliphatic heterocycles. The first-order valence-electron chi connectivity index (χ1n) is 8.95. The number of carbonyl (C=O) groups is 2. The number of aryl methyl sites for hydroxylation is 1. The molecule has 0 aliphatic carbocycles. The van der Waals surface area contributed by atoms with Gasteiger partial charge in [-0.2, -0.15) is 0 Å². The van der Waals surface area contributed by atoms with Gasteiger partial charge in [0, 0.05) is 30.1 Å². The van der Waals surface area contributed by atoms with Crippen LogP contribution in [0.25, 0.3) is 0 Å². The van der Waals surface area contributed by atoms with Crippen LogP contribution in [-0.4, -0.2) is 29.8 Å². The fraction of sp³-hybridized carbons (Fsp3) is 0.333. The Morgan fingerprint density at radius 3 is 2.41 bits per heavy atom. The maximum absolute atomic E-state index is 13.0. The molecular formula is C21H24Cl2N2O2. The van der Waals surface area contributed by atoms with Crippen LogP contribution in [0.1, 0.15) is 30.9 Å². The summed E-state index contributed by atoms with van der Waals surface area (Å²) < 4.78 is 0. The van der Waals surface area contributed by atoms with E-state index in [4.69, 9.17) is 23.2 Å². The summed E-state index contributed by atoms with van der Waals surface area (Å²) in [5, 5.41) is 3.66. The molecule has 1 N–H and O–H groups in total. The number of amides is 2. The predicted octanol–water partition coefficient (Wildman–Crippen LogP) is 4.48. The zero-order valence-electron chi connectivity index (χ0n) is 15.5. The number of carbonyl (C=O) groups excluding carboxylic acids is 2. The van der Waals surface area contributed by atoms with Crippen molar-refractivity contribution >= 4 is 35.0 Å². The summed E-state index contributed by atoms with van der Waals surface area (Å²) in [5.74, 6) is -0.268. The van der Waals surface area contributed by atoms with Gasteiger partial charge >= 0.3 is 0 Å². The third kappa shape index (κ3) is 5.98. The zero-order chi connectivity index (χ0) is 19.8. The van der Waals surface area contributed by atoms with Crippen molar-refractivity contribution in [1.82, 2.24) is 10.2 Å². The van der Waals surface area contributed by atoms with Crippen molar-refractivity contribution in [3.8, 4) is 0 Å². The minimum absolute atomic E-state index is 0.0830. The predicted molar refractivity (Wildman–Crippen MR) is 110 cm³/mol. The number of likely N-dealkylation sites (N-methyl/N-ethyl adjacent to an activating group) is 1. The molecule has 6 heteroatoms. The zero-order valence-corrected chi connectivity index (χ0v) is 17.1. The average Bonchev–Trinajstić information content (AvgIpc) is 2.68. The molecule has 0 saturated carbocycles. The largest absolute Gasteiger partial charge is 0.357 e. The molecule has 0 unspecified atom stereocenters. The van der Waals surface area contributed by atoms with E-state index in [0.717, 1.165) is 11.1 Å². The van der Waals surface area contributed by atoms with Crippen molar-refractivity contribution in [3.05, 3.63) is 69.7 Å². The van der Waals surface area contributed by atoms with E-state index in [1.807, 2.05) is 37.3 Å². The van der Waals surface area contributed by atoms with E-state index < -0.39 is 6.04 Å². The highest BCUT2D eigenvalue weighted by molar-refractivity contribution is 6.35. The Hall–Kier alpha value is -2.04. The van der Waals surface area contributed by atoms with Gasteiger partial charge in [0.15, 0.2) is 0 Å². The summed E-state index contributed by atoms with van der Waals surface area (Å²) in [6, 6.07) is 14.4. The second kappa shape index (κ2) is 10.3. The highest BCUT2D eigenvalue weighted by atomic mass is 35.5. The van der Waals surface area contributed by atoms with Crippen LogP contribution < -0.4 is 5.32 Å². The molecule has 2 rings (SSSR count). The second-order valence-electron chi connectivity index (χ2n) is 6.28. The Balaban J connectivity index is 2.22. The molecule has 0 spiro atoms. The molecule has 144 valence electrons. The number of rotatable bonds is 8. The summed E-state index contributed by atoms with van der Waals surface area (Å²) in [7, 11) is 1.58. The molecule has 0 saturated heterocycles. The lowest BCUT2D eigenvalue weighted by Crippen LogP contribution is -2.48. The van der Waals surface area contributed by atoms with E-state index in [2.05, 4.69) is 5.32 Å². The molecule has 0 radical (unpaired) electrons. The van der Waals surface area contributed by atoms with Crippen LogP contribution >= 0.6 is 23.2 Å². The minimum atomic E-state index is -0.551. The molecule has 0 aliphatic rings. The molecule has 1 atom stereocenters. The molecule has 2 aromatic carbocycles. The smallest absolute Gasteiger partial charge is 0.242 e. The maximum Gasteiger partial charge on any atom is 0.242 e. The maximum atomic E-state index is 13.0. The number of halogens is 2. The van der Waals surface area contributed by atoms with Crippen LogP contribution in [0.3, 0.4) is 0 Å². The van der Waals surface area contributed by atoms with Gasteiger partial charge in [0.2, 0.25) is 11.8 Å². The first-order chi connectivity index (χ1) is 13.0. The van der Waals surface area contributed by atoms with E-state index in [1.54, 1.807) is 30.1 Å². The molecule has 0 aromatic heterocycles. The minimum Gasteiger partial charge on any atom is -0.357 e. The lowest BCUT2D eigenvalue weighted by molar-refractivity contribution is -0.141. The number of hydrogen-bond donors (Lipinski definition) is 1. The molecule has 2 amide bonds. The van der Waals surface area contributed by atoms with E-state index in [9.17, 15) is 9.59 Å². The number of hydrogen-bond acceptors (Lipinski definition) is 2. The first kappa shape index (κ1) is 21.3. The van der Waals surface area contributed by atoms with Crippen molar-refractivity contribution in [2.45, 2.75) is 38.8 Å². The molecule has 4 nitrogen and oxygen atoms in total. The van der Waals surface area contributed by atoms with Crippen LogP contribution in [0.5, 0.6) is 0 Å². The van der Waals surface area contributed by atoms with Gasteiger partial charge in [0.25, 0.3) is 0 Å². The molecule has 27 heavy (non-hydrogen) atoms. The third-order valence-corrected chi connectivity index (χ3v) is 5.05. The summed E-state index contributed by atoms with van der Waals surface area (Å²) in [6.07, 6.45) is 1.46. The van der Waals surface area contributed by atoms with Gasteiger partial charge in [-0.25, -0.2) is 0 Å². The number of nitrogens with one attached hydrogen (secondary N) is 1. The van der Waals surface area contributed by atoms with E-state index in [1.165, 1.54) is 0 Å². The quantitative estimate of drug-likeness (QED) is 0.702. The monoisotopic (exact) mass is 406 g/mol. The second-order valence-corrected chi connectivity index (χ2v) is 7.12. The number of benzene rings is 2. The molecule has 0 fully saturated rings. The first-order valence-corrected chi connectivity index (χ1v) is 9.70. The Morgan fingerprint density at radius 2 is 1.81 bits per heavy atom. The highest BCUT2D eigenvalue weighted by Gasteiger charge is 2.28. The van der Waals surface area contributed by atoms with Gasteiger partial charge in [0.1, 0.15) is 6.04 Å². The van der Waals surface area contributed by atoms with Gasteiger partial charge in [-0.15, -0.1) is 0 Å². The molecule has 0 heterocycles. The van der Waals surface area contributed by atoms with E-state index >= 15 is 0 Å². The molecule has 2 aromatic rings. The van der Waals surface area contributed by atoms with Gasteiger partial charge in [-0.3, -0.25) is 9.59 Å². The molecule has 0 bridgehead atoms. The summed E-state index contributed by atoms with van der Waals surface area (Å²) in [4.78, 5) is 26.9. The standard InChI is InChI=1S/C21H24Cl2N2O2/c1-3-19(21(27)24-2)25(14-16-10-11-17(22)13-18(16)23)20(26)12-9-15-7-5-4-6-8-15/h4-8,10-11,13,19H,3,9,12,14H2,1-2H3,(H,24,27)/t19-/m0/s1. The van der Waals surface area contributed by atoms with Gasteiger partial charge in [-0.05, 0) is 36.1 Å². The Morgan fingerprint density at radius 1 is 1.11 bits per heavy atom. The van der Waals surface area contributed by atoms with Crippen molar-refractivity contribution in [3.63, 3.8) is 0 Å². The Labute approximate surface area is 170 Å². The van der Waals surface area contributed by atoms with Crippen molar-refractivity contribution in [2.75, 3.05) is 7.05 Å². The lowest BCUT2D eigenvalue weighted by atomic mass is 10.1. The normalized spacial score (nSPS) is 11.7. The number of nitrogens with zero attached hydrogens (tertiary/aromatic N) is 1. The fourth-order valence-electron chi connectivity index (χ4n) is 2.96. The van der Waals surface area contributed by atoms with E-state index in [-0.39, 0.29) is 18.4 Å². The van der Waals surface area contributed by atoms with Crippen LogP contribution in [0.15, 0.2) is 48.5 Å². The van der Waals surface area contributed by atoms with Crippen molar-refractivity contribution in [2.24, 2.45) is 0 Å². The Bertz CT molecular complexity index is 781. The van der Waals surface area contributed by atoms with Crippen LogP contribution in [0.2, 0.25) is 10.0 Å². The molecular weight excluding hydrogens is 383 g/mol. The van der Waals surface area contributed by atoms with Crippen LogP contribution in [0, 0.1) is 0 Å². The van der Waals surface area contributed by atoms with Crippen LogP contribution in [0.4, 0.5) is 0 Å². The topological polar surface area (TPSA) is 49.4 Å². The van der Waals surface area contributed by atoms with Gasteiger partial charge in [0.05, 0.1) is 0 Å². The van der Waals surface area contributed by atoms with Crippen molar-refractivity contribution < 1.29 is 9.59 Å². The average molecular weight is 407 g/mol. The summed E-state index contributed by atoms with van der Waals surface area (Å²) in [6.45, 7) is 2.15. The lowest BCUT2D eigenvalue weighted by Gasteiger charge is -2.30. The third-order valence-electron chi connectivity index (χ3n) is 4.46. The fourth-order valence-corrected chi connectivity index (χ4v) is 3.43. The van der Waals surface area contributed by atoms with Crippen LogP contribution in [-0.2, 0) is 22.6 Å². The Kier molecular flexibility index (Phi) is 8.14.